The summed E-state index contributed by atoms with van der Waals surface area (Å²) >= 11 is 1.71. The number of carbonyl (C=O) groups is 1. The van der Waals surface area contributed by atoms with Gasteiger partial charge >= 0.3 is 6.18 Å². The summed E-state index contributed by atoms with van der Waals surface area (Å²) in [6.07, 6.45) is -1.83. The predicted molar refractivity (Wildman–Crippen MR) is 107 cm³/mol. The zero-order valence-electron chi connectivity index (χ0n) is 16.0. The number of hydrogen-bond donors (Lipinski definition) is 1. The number of fused-ring (bicyclic) bond motifs is 1. The second-order valence-corrected chi connectivity index (χ2v) is 7.22. The van der Waals surface area contributed by atoms with Gasteiger partial charge in [0, 0.05) is 25.3 Å². The van der Waals surface area contributed by atoms with Crippen molar-refractivity contribution in [3.63, 3.8) is 0 Å². The third kappa shape index (κ3) is 4.47. The number of halogens is 3. The number of amides is 1. The lowest BCUT2D eigenvalue weighted by molar-refractivity contribution is -0.141. The number of ether oxygens (including phenoxy) is 1. The largest absolute Gasteiger partial charge is 0.494 e. The minimum Gasteiger partial charge on any atom is -0.494 e. The minimum absolute atomic E-state index is 0.323. The number of carbonyl (C=O) groups excluding carboxylic acids is 1. The van der Waals surface area contributed by atoms with E-state index in [1.807, 2.05) is 17.9 Å². The van der Waals surface area contributed by atoms with Crippen molar-refractivity contribution >= 4 is 34.4 Å². The summed E-state index contributed by atoms with van der Waals surface area (Å²) in [5, 5.41) is 2.59. The highest BCUT2D eigenvalue weighted by Crippen LogP contribution is 2.31. The second kappa shape index (κ2) is 8.32. The van der Waals surface area contributed by atoms with Crippen LogP contribution in [0.1, 0.15) is 22.0 Å². The quantitative estimate of drug-likeness (QED) is 0.644. The molecule has 6 nitrogen and oxygen atoms in total. The zero-order valence-corrected chi connectivity index (χ0v) is 16.8. The van der Waals surface area contributed by atoms with Gasteiger partial charge in [0.15, 0.2) is 0 Å². The Hall–Kier alpha value is -2.75. The Morgan fingerprint density at radius 1 is 1.28 bits per heavy atom. The first-order valence-corrected chi connectivity index (χ1v) is 10.0. The van der Waals surface area contributed by atoms with Gasteiger partial charge in [-0.1, -0.05) is 6.07 Å². The topological polar surface area (TPSA) is 69.0 Å². The van der Waals surface area contributed by atoms with Crippen molar-refractivity contribution in [3.05, 3.63) is 47.5 Å². The Morgan fingerprint density at radius 2 is 2.03 bits per heavy atom. The Balaban J connectivity index is 1.94. The molecule has 0 saturated carbocycles. The maximum atomic E-state index is 12.9. The van der Waals surface area contributed by atoms with Crippen LogP contribution >= 0.6 is 11.8 Å². The number of benzene rings is 1. The van der Waals surface area contributed by atoms with E-state index in [0.717, 1.165) is 35.6 Å². The molecule has 10 heteroatoms. The number of imidazole rings is 1. The standard InChI is InChI=1S/C19H19F3N4O2S/c1-26-14-9-13(15(28-2)10-12(14)24-17(26)7-8-29-3)25-18(27)11-5-4-6-16(23-11)19(20,21)22/h4-6,9-10H,7-8H2,1-3H3,(H,25,27). The number of anilines is 1. The van der Waals surface area contributed by atoms with Gasteiger partial charge in [0.1, 0.15) is 23.0 Å². The van der Waals surface area contributed by atoms with E-state index in [9.17, 15) is 18.0 Å². The SMILES string of the molecule is COc1cc2nc(CCSC)n(C)c2cc1NC(=O)c1cccc(C(F)(F)F)n1. The number of hydrogen-bond acceptors (Lipinski definition) is 5. The van der Waals surface area contributed by atoms with Crippen LogP contribution in [0.2, 0.25) is 0 Å². The molecule has 2 heterocycles. The molecule has 2 aromatic heterocycles. The molecule has 0 bridgehead atoms. The summed E-state index contributed by atoms with van der Waals surface area (Å²) < 4.78 is 45.8. The van der Waals surface area contributed by atoms with Crippen LogP contribution in [-0.2, 0) is 19.6 Å². The van der Waals surface area contributed by atoms with Crippen LogP contribution in [0.4, 0.5) is 18.9 Å². The van der Waals surface area contributed by atoms with Crippen LogP contribution in [-0.4, -0.2) is 39.6 Å². The van der Waals surface area contributed by atoms with E-state index < -0.39 is 17.8 Å². The van der Waals surface area contributed by atoms with Crippen molar-refractivity contribution in [2.75, 3.05) is 24.4 Å². The first-order chi connectivity index (χ1) is 13.7. The number of nitrogens with zero attached hydrogens (tertiary/aromatic N) is 3. The van der Waals surface area contributed by atoms with Crippen molar-refractivity contribution in [1.29, 1.82) is 0 Å². The molecule has 29 heavy (non-hydrogen) atoms. The third-order valence-electron chi connectivity index (χ3n) is 4.34. The normalized spacial score (nSPS) is 11.7. The fourth-order valence-electron chi connectivity index (χ4n) is 2.86. The fourth-order valence-corrected chi connectivity index (χ4v) is 3.24. The predicted octanol–water partition coefficient (Wildman–Crippen LogP) is 4.15. The van der Waals surface area contributed by atoms with Crippen molar-refractivity contribution in [2.45, 2.75) is 12.6 Å². The summed E-state index contributed by atoms with van der Waals surface area (Å²) in [5.41, 5.74) is 0.332. The molecule has 0 radical (unpaired) electrons. The van der Waals surface area contributed by atoms with E-state index in [-0.39, 0.29) is 5.69 Å². The smallest absolute Gasteiger partial charge is 0.433 e. The maximum absolute atomic E-state index is 12.9. The molecule has 0 aliphatic heterocycles. The zero-order chi connectivity index (χ0) is 21.2. The second-order valence-electron chi connectivity index (χ2n) is 6.23. The van der Waals surface area contributed by atoms with Crippen LogP contribution in [0, 0.1) is 0 Å². The van der Waals surface area contributed by atoms with E-state index in [2.05, 4.69) is 15.3 Å². The molecule has 1 aromatic carbocycles. The van der Waals surface area contributed by atoms with Gasteiger partial charge in [-0.15, -0.1) is 0 Å². The number of aryl methyl sites for hydroxylation is 2. The highest BCUT2D eigenvalue weighted by molar-refractivity contribution is 7.98. The molecular formula is C19H19F3N4O2S. The number of thioether (sulfide) groups is 1. The Kier molecular flexibility index (Phi) is 6.02. The van der Waals surface area contributed by atoms with Crippen LogP contribution in [0.3, 0.4) is 0 Å². The Bertz CT molecular complexity index is 1050. The van der Waals surface area contributed by atoms with Crippen molar-refractivity contribution in [3.8, 4) is 5.75 Å². The Labute approximate surface area is 169 Å². The average molecular weight is 424 g/mol. The lowest BCUT2D eigenvalue weighted by Crippen LogP contribution is -2.17. The minimum atomic E-state index is -4.63. The number of rotatable bonds is 6. The first kappa shape index (κ1) is 21.0. The molecule has 154 valence electrons. The highest BCUT2D eigenvalue weighted by atomic mass is 32.2. The summed E-state index contributed by atoms with van der Waals surface area (Å²) in [6, 6.07) is 6.56. The van der Waals surface area contributed by atoms with Crippen molar-refractivity contribution < 1.29 is 22.7 Å². The molecule has 3 rings (SSSR count). The van der Waals surface area contributed by atoms with Gasteiger partial charge in [-0.3, -0.25) is 4.79 Å². The van der Waals surface area contributed by atoms with Crippen LogP contribution in [0.25, 0.3) is 11.0 Å². The van der Waals surface area contributed by atoms with Gasteiger partial charge in [0.05, 0.1) is 23.8 Å². The van der Waals surface area contributed by atoms with Crippen molar-refractivity contribution in [1.82, 2.24) is 14.5 Å². The lowest BCUT2D eigenvalue weighted by Gasteiger charge is -2.12. The molecule has 0 aliphatic rings. The third-order valence-corrected chi connectivity index (χ3v) is 4.96. The van der Waals surface area contributed by atoms with Gasteiger partial charge < -0.3 is 14.6 Å². The summed E-state index contributed by atoms with van der Waals surface area (Å²) in [4.78, 5) is 20.5. The average Bonchev–Trinajstić information content (AvgIpc) is 3.00. The van der Waals surface area contributed by atoms with Gasteiger partial charge in [0.2, 0.25) is 0 Å². The molecule has 0 spiro atoms. The summed E-state index contributed by atoms with van der Waals surface area (Å²) in [5.74, 6) is 1.39. The molecule has 0 fully saturated rings. The first-order valence-electron chi connectivity index (χ1n) is 8.62. The summed E-state index contributed by atoms with van der Waals surface area (Å²) in [6.45, 7) is 0. The van der Waals surface area contributed by atoms with Crippen molar-refractivity contribution in [2.24, 2.45) is 7.05 Å². The number of pyridine rings is 1. The van der Waals surface area contributed by atoms with Crippen LogP contribution in [0.15, 0.2) is 30.3 Å². The van der Waals surface area contributed by atoms with Gasteiger partial charge in [-0.05, 0) is 24.5 Å². The Morgan fingerprint density at radius 3 is 2.69 bits per heavy atom. The number of methoxy groups -OCH3 is 1. The van der Waals surface area contributed by atoms with Crippen LogP contribution < -0.4 is 10.1 Å². The molecule has 0 atom stereocenters. The van der Waals surface area contributed by atoms with E-state index in [1.54, 1.807) is 23.9 Å². The molecule has 3 aromatic rings. The lowest BCUT2D eigenvalue weighted by atomic mass is 10.2. The maximum Gasteiger partial charge on any atom is 0.433 e. The van der Waals surface area contributed by atoms with E-state index >= 15 is 0 Å². The monoisotopic (exact) mass is 424 g/mol. The number of alkyl halides is 3. The van der Waals surface area contributed by atoms with Gasteiger partial charge in [-0.2, -0.15) is 24.9 Å². The molecule has 0 aliphatic carbocycles. The fraction of sp³-hybridized carbons (Fsp3) is 0.316. The molecule has 0 saturated heterocycles. The molecule has 1 amide bonds. The van der Waals surface area contributed by atoms with E-state index in [4.69, 9.17) is 4.74 Å². The van der Waals surface area contributed by atoms with Gasteiger partial charge in [-0.25, -0.2) is 9.97 Å². The summed E-state index contributed by atoms with van der Waals surface area (Å²) in [7, 11) is 3.31. The van der Waals surface area contributed by atoms with E-state index in [1.165, 1.54) is 13.2 Å². The number of nitrogens with one attached hydrogen (secondary N) is 1. The highest BCUT2D eigenvalue weighted by Gasteiger charge is 2.33. The van der Waals surface area contributed by atoms with Crippen LogP contribution in [0.5, 0.6) is 5.75 Å². The molecule has 0 unspecified atom stereocenters. The van der Waals surface area contributed by atoms with E-state index in [0.29, 0.717) is 17.0 Å². The molecular weight excluding hydrogens is 405 g/mol. The van der Waals surface area contributed by atoms with Gasteiger partial charge in [0.25, 0.3) is 5.91 Å². The molecule has 1 N–H and O–H groups in total. The number of aromatic nitrogens is 3.